The van der Waals surface area contributed by atoms with Crippen molar-refractivity contribution in [1.29, 1.82) is 0 Å². The van der Waals surface area contributed by atoms with E-state index in [-0.39, 0.29) is 5.91 Å². The molecule has 2 heterocycles. The van der Waals surface area contributed by atoms with Crippen molar-refractivity contribution in [2.45, 2.75) is 57.8 Å². The summed E-state index contributed by atoms with van der Waals surface area (Å²) in [7, 11) is 0. The number of carbonyl (C=O) groups excluding carboxylic acids is 1. The third-order valence-electron chi connectivity index (χ3n) is 4.79. The smallest absolute Gasteiger partial charge is 0.227 e. The molecule has 0 unspecified atom stereocenters. The fraction of sp³-hybridized carbons (Fsp3) is 0.579. The zero-order valence-corrected chi connectivity index (χ0v) is 14.6. The van der Waals surface area contributed by atoms with Crippen LogP contribution in [0.1, 0.15) is 57.3 Å². The minimum Gasteiger partial charge on any atom is -0.356 e. The van der Waals surface area contributed by atoms with Crippen molar-refractivity contribution in [2.75, 3.05) is 6.54 Å². The van der Waals surface area contributed by atoms with E-state index in [9.17, 15) is 4.79 Å². The van der Waals surface area contributed by atoms with Crippen molar-refractivity contribution in [3.8, 4) is 11.4 Å². The molecule has 0 saturated heterocycles. The van der Waals surface area contributed by atoms with Crippen LogP contribution in [0.2, 0.25) is 0 Å². The molecule has 2 aromatic rings. The standard InChI is InChI=1S/C19H26N4O2/c24-17(21-13-4-8-15-6-2-1-3-7-15)10-11-18-22-19(23-25-18)16-9-5-12-20-14-16/h5,9,12,14-15H,1-4,6-8,10-11,13H2,(H,21,24). The molecule has 0 aromatic carbocycles. The predicted octanol–water partition coefficient (Wildman–Crippen LogP) is 3.54. The molecule has 1 aliphatic rings. The number of nitrogens with one attached hydrogen (secondary N) is 1. The number of carbonyl (C=O) groups is 1. The van der Waals surface area contributed by atoms with Gasteiger partial charge in [-0.1, -0.05) is 37.3 Å². The maximum Gasteiger partial charge on any atom is 0.227 e. The minimum atomic E-state index is 0.0461. The third-order valence-corrected chi connectivity index (χ3v) is 4.79. The lowest BCUT2D eigenvalue weighted by molar-refractivity contribution is -0.121. The number of amides is 1. The van der Waals surface area contributed by atoms with Crippen molar-refractivity contribution >= 4 is 5.91 Å². The van der Waals surface area contributed by atoms with Crippen LogP contribution >= 0.6 is 0 Å². The summed E-state index contributed by atoms with van der Waals surface area (Å²) < 4.78 is 5.21. The molecular formula is C19H26N4O2. The van der Waals surface area contributed by atoms with E-state index >= 15 is 0 Å². The predicted molar refractivity (Wildman–Crippen MR) is 94.7 cm³/mol. The Balaban J connectivity index is 1.33. The first-order valence-electron chi connectivity index (χ1n) is 9.31. The number of aryl methyl sites for hydroxylation is 1. The van der Waals surface area contributed by atoms with Gasteiger partial charge in [0.25, 0.3) is 0 Å². The summed E-state index contributed by atoms with van der Waals surface area (Å²) in [5.74, 6) is 1.91. The molecule has 0 atom stereocenters. The second-order valence-corrected chi connectivity index (χ2v) is 6.75. The molecule has 1 fully saturated rings. The van der Waals surface area contributed by atoms with E-state index in [1.54, 1.807) is 12.4 Å². The number of rotatable bonds is 8. The third kappa shape index (κ3) is 5.66. The molecular weight excluding hydrogens is 316 g/mol. The molecule has 0 bridgehead atoms. The summed E-state index contributed by atoms with van der Waals surface area (Å²) in [6.07, 6.45) is 13.4. The first-order valence-corrected chi connectivity index (χ1v) is 9.31. The molecule has 1 saturated carbocycles. The van der Waals surface area contributed by atoms with Crippen LogP contribution in [0.5, 0.6) is 0 Å². The SMILES string of the molecule is O=C(CCc1nc(-c2cccnc2)no1)NCCCC1CCCCC1. The average Bonchev–Trinajstić information content (AvgIpc) is 3.14. The summed E-state index contributed by atoms with van der Waals surface area (Å²) in [6, 6.07) is 3.70. The molecule has 1 N–H and O–H groups in total. The van der Waals surface area contributed by atoms with Crippen LogP contribution in [-0.4, -0.2) is 27.6 Å². The van der Waals surface area contributed by atoms with Crippen LogP contribution < -0.4 is 5.32 Å². The van der Waals surface area contributed by atoms with Gasteiger partial charge in [0.15, 0.2) is 0 Å². The highest BCUT2D eigenvalue weighted by Gasteiger charge is 2.13. The Morgan fingerprint density at radius 1 is 1.28 bits per heavy atom. The van der Waals surface area contributed by atoms with Gasteiger partial charge in [0, 0.05) is 37.3 Å². The summed E-state index contributed by atoms with van der Waals surface area (Å²) in [6.45, 7) is 0.764. The van der Waals surface area contributed by atoms with Crippen molar-refractivity contribution in [1.82, 2.24) is 20.4 Å². The molecule has 0 radical (unpaired) electrons. The molecule has 2 aromatic heterocycles. The van der Waals surface area contributed by atoms with Gasteiger partial charge in [-0.2, -0.15) is 4.98 Å². The fourth-order valence-electron chi connectivity index (χ4n) is 3.37. The topological polar surface area (TPSA) is 80.9 Å². The maximum atomic E-state index is 11.9. The van der Waals surface area contributed by atoms with Gasteiger partial charge in [0.2, 0.25) is 17.6 Å². The lowest BCUT2D eigenvalue weighted by atomic mass is 9.86. The highest BCUT2D eigenvalue weighted by molar-refractivity contribution is 5.75. The minimum absolute atomic E-state index is 0.0461. The Kier molecular flexibility index (Phi) is 6.54. The van der Waals surface area contributed by atoms with E-state index in [0.29, 0.717) is 24.6 Å². The Morgan fingerprint density at radius 3 is 2.96 bits per heavy atom. The highest BCUT2D eigenvalue weighted by Crippen LogP contribution is 2.26. The van der Waals surface area contributed by atoms with Gasteiger partial charge in [-0.25, -0.2) is 0 Å². The number of pyridine rings is 1. The van der Waals surface area contributed by atoms with Gasteiger partial charge in [0.05, 0.1) is 0 Å². The largest absolute Gasteiger partial charge is 0.356 e. The zero-order valence-electron chi connectivity index (χ0n) is 14.6. The first-order chi connectivity index (χ1) is 12.3. The second kappa shape index (κ2) is 9.30. The van der Waals surface area contributed by atoms with Crippen molar-refractivity contribution in [2.24, 2.45) is 5.92 Å². The van der Waals surface area contributed by atoms with Gasteiger partial charge in [-0.15, -0.1) is 0 Å². The zero-order chi connectivity index (χ0) is 17.3. The summed E-state index contributed by atoms with van der Waals surface area (Å²) >= 11 is 0. The fourth-order valence-corrected chi connectivity index (χ4v) is 3.37. The van der Waals surface area contributed by atoms with Crippen LogP contribution in [0.4, 0.5) is 0 Å². The number of aromatic nitrogens is 3. The van der Waals surface area contributed by atoms with Crippen LogP contribution in [0.25, 0.3) is 11.4 Å². The number of hydrogen-bond donors (Lipinski definition) is 1. The molecule has 0 spiro atoms. The van der Waals surface area contributed by atoms with Crippen LogP contribution in [0.3, 0.4) is 0 Å². The van der Waals surface area contributed by atoms with Gasteiger partial charge < -0.3 is 9.84 Å². The second-order valence-electron chi connectivity index (χ2n) is 6.75. The monoisotopic (exact) mass is 342 g/mol. The maximum absolute atomic E-state index is 11.9. The molecule has 0 aliphatic heterocycles. The van der Waals surface area contributed by atoms with Crippen molar-refractivity contribution in [3.05, 3.63) is 30.4 Å². The molecule has 6 nitrogen and oxygen atoms in total. The average molecular weight is 342 g/mol. The molecule has 1 aliphatic carbocycles. The van der Waals surface area contributed by atoms with Crippen LogP contribution in [0, 0.1) is 5.92 Å². The number of nitrogens with zero attached hydrogens (tertiary/aromatic N) is 3. The van der Waals surface area contributed by atoms with Gasteiger partial charge in [-0.3, -0.25) is 9.78 Å². The normalized spacial score (nSPS) is 15.2. The van der Waals surface area contributed by atoms with Gasteiger partial charge >= 0.3 is 0 Å². The molecule has 1 amide bonds. The molecule has 25 heavy (non-hydrogen) atoms. The Labute approximate surface area is 148 Å². The Morgan fingerprint density at radius 2 is 2.16 bits per heavy atom. The van der Waals surface area contributed by atoms with E-state index < -0.39 is 0 Å². The summed E-state index contributed by atoms with van der Waals surface area (Å²) in [5, 5.41) is 6.93. The van der Waals surface area contributed by atoms with E-state index in [4.69, 9.17) is 4.52 Å². The van der Waals surface area contributed by atoms with Crippen molar-refractivity contribution in [3.63, 3.8) is 0 Å². The van der Waals surface area contributed by atoms with Crippen LogP contribution in [0.15, 0.2) is 29.0 Å². The molecule has 3 rings (SSSR count). The first kappa shape index (κ1) is 17.6. The van der Waals surface area contributed by atoms with E-state index in [1.165, 1.54) is 38.5 Å². The van der Waals surface area contributed by atoms with Gasteiger partial charge in [0.1, 0.15) is 0 Å². The van der Waals surface area contributed by atoms with E-state index in [0.717, 1.165) is 24.4 Å². The summed E-state index contributed by atoms with van der Waals surface area (Å²) in [5.41, 5.74) is 0.810. The van der Waals surface area contributed by atoms with Gasteiger partial charge in [-0.05, 0) is 30.9 Å². The Hall–Kier alpha value is -2.24. The summed E-state index contributed by atoms with van der Waals surface area (Å²) in [4.78, 5) is 20.3. The number of hydrogen-bond acceptors (Lipinski definition) is 5. The lowest BCUT2D eigenvalue weighted by Crippen LogP contribution is -2.25. The van der Waals surface area contributed by atoms with E-state index in [2.05, 4.69) is 20.4 Å². The highest BCUT2D eigenvalue weighted by atomic mass is 16.5. The Bertz CT molecular complexity index is 650. The molecule has 6 heteroatoms. The molecule has 134 valence electrons. The van der Waals surface area contributed by atoms with Crippen LogP contribution in [-0.2, 0) is 11.2 Å². The van der Waals surface area contributed by atoms with Crippen molar-refractivity contribution < 1.29 is 9.32 Å². The van der Waals surface area contributed by atoms with E-state index in [1.807, 2.05) is 12.1 Å². The quantitative estimate of drug-likeness (QED) is 0.742. The lowest BCUT2D eigenvalue weighted by Gasteiger charge is -2.21.